The van der Waals surface area contributed by atoms with Crippen molar-refractivity contribution in [2.45, 2.75) is 13.0 Å². The van der Waals surface area contributed by atoms with Crippen molar-refractivity contribution >= 4 is 40.8 Å². The number of carbonyl (C=O) groups is 3. The Morgan fingerprint density at radius 1 is 1.32 bits per heavy atom. The largest absolute Gasteiger partial charge is 0.461 e. The van der Waals surface area contributed by atoms with Crippen LogP contribution in [0.15, 0.2) is 29.4 Å². The van der Waals surface area contributed by atoms with Gasteiger partial charge in [-0.05, 0) is 31.2 Å². The van der Waals surface area contributed by atoms with Crippen molar-refractivity contribution in [1.29, 1.82) is 0 Å². The molecular weight excluding hydrogens is 310 g/mol. The maximum absolute atomic E-state index is 12.5. The topological polar surface area (TPSA) is 88.1 Å². The van der Waals surface area contributed by atoms with Gasteiger partial charge < -0.3 is 4.74 Å². The molecule has 1 aromatic carbocycles. The summed E-state index contributed by atoms with van der Waals surface area (Å²) in [4.78, 5) is 37.8. The molecule has 7 nitrogen and oxygen atoms in total. The summed E-state index contributed by atoms with van der Waals surface area (Å²) >= 11 is 5.81. The summed E-state index contributed by atoms with van der Waals surface area (Å²) in [6.45, 7) is 1.82. The van der Waals surface area contributed by atoms with Gasteiger partial charge in [0, 0.05) is 5.02 Å². The number of esters is 1. The maximum Gasteiger partial charge on any atom is 0.355 e. The summed E-state index contributed by atoms with van der Waals surface area (Å²) in [5, 5.41) is 4.28. The van der Waals surface area contributed by atoms with Crippen LogP contribution in [0.25, 0.3) is 0 Å². The predicted octanol–water partition coefficient (Wildman–Crippen LogP) is 0.720. The third kappa shape index (κ3) is 2.14. The second kappa shape index (κ2) is 5.42. The molecule has 1 N–H and O–H groups in total. The Morgan fingerprint density at radius 2 is 2.00 bits per heavy atom. The second-order valence-corrected chi connectivity index (χ2v) is 5.23. The fraction of sp³-hybridized carbons (Fsp3) is 0.286. The number of anilines is 1. The van der Waals surface area contributed by atoms with Gasteiger partial charge in [-0.15, -0.1) is 0 Å². The molecule has 2 atom stereocenters. The molecule has 2 aliphatic rings. The lowest BCUT2D eigenvalue weighted by molar-refractivity contribution is -0.136. The molecule has 114 valence electrons. The SMILES string of the molecule is CCOC(=O)C1=NN[C@@H]2C(=O)N(c3ccc(Cl)cc3)C(=O)[C@@H]12. The summed E-state index contributed by atoms with van der Waals surface area (Å²) in [5.74, 6) is -2.61. The van der Waals surface area contributed by atoms with Crippen LogP contribution in [0.5, 0.6) is 0 Å². The molecular formula is C14H12ClN3O4. The Bertz CT molecular complexity index is 686. The third-order valence-electron chi connectivity index (χ3n) is 3.49. The van der Waals surface area contributed by atoms with Crippen LogP contribution in [-0.4, -0.2) is 36.1 Å². The predicted molar refractivity (Wildman–Crippen MR) is 78.4 cm³/mol. The van der Waals surface area contributed by atoms with E-state index in [1.807, 2.05) is 0 Å². The van der Waals surface area contributed by atoms with Gasteiger partial charge in [0.2, 0.25) is 5.91 Å². The summed E-state index contributed by atoms with van der Waals surface area (Å²) in [7, 11) is 0. The summed E-state index contributed by atoms with van der Waals surface area (Å²) in [6, 6.07) is 5.43. The molecule has 2 aliphatic heterocycles. The molecule has 1 saturated heterocycles. The van der Waals surface area contributed by atoms with Gasteiger partial charge in [0.05, 0.1) is 12.3 Å². The number of fused-ring (bicyclic) bond motifs is 1. The molecule has 2 amide bonds. The first kappa shape index (κ1) is 14.5. The Balaban J connectivity index is 1.91. The molecule has 0 aromatic heterocycles. The second-order valence-electron chi connectivity index (χ2n) is 4.79. The first-order valence-corrected chi connectivity index (χ1v) is 7.06. The van der Waals surface area contributed by atoms with Crippen LogP contribution in [0, 0.1) is 5.92 Å². The zero-order valence-electron chi connectivity index (χ0n) is 11.6. The average Bonchev–Trinajstić information content (AvgIpc) is 3.03. The van der Waals surface area contributed by atoms with E-state index in [-0.39, 0.29) is 12.3 Å². The minimum absolute atomic E-state index is 0.0679. The van der Waals surface area contributed by atoms with Crippen molar-refractivity contribution < 1.29 is 19.1 Å². The standard InChI is InChI=1S/C14H12ClN3O4/c1-2-22-14(21)11-9-10(16-17-11)13(20)18(12(9)19)8-5-3-7(15)4-6-8/h3-6,9-10,16H,2H2,1H3/t9-,10+/m1/s1. The van der Waals surface area contributed by atoms with E-state index in [1.54, 1.807) is 31.2 Å². The molecule has 0 saturated carbocycles. The molecule has 22 heavy (non-hydrogen) atoms. The van der Waals surface area contributed by atoms with Gasteiger partial charge in [-0.25, -0.2) is 9.69 Å². The number of benzene rings is 1. The highest BCUT2D eigenvalue weighted by molar-refractivity contribution is 6.46. The minimum atomic E-state index is -0.956. The first-order valence-electron chi connectivity index (χ1n) is 6.68. The Hall–Kier alpha value is -2.41. The number of ether oxygens (including phenoxy) is 1. The van der Waals surface area contributed by atoms with Gasteiger partial charge in [0.1, 0.15) is 12.0 Å². The quantitative estimate of drug-likeness (QED) is 0.654. The van der Waals surface area contributed by atoms with Crippen LogP contribution in [0.4, 0.5) is 5.69 Å². The molecule has 0 spiro atoms. The Kier molecular flexibility index (Phi) is 3.58. The number of hydrogen-bond donors (Lipinski definition) is 1. The zero-order chi connectivity index (χ0) is 15.9. The van der Waals surface area contributed by atoms with Crippen LogP contribution in [0.1, 0.15) is 6.92 Å². The maximum atomic E-state index is 12.5. The van der Waals surface area contributed by atoms with Crippen LogP contribution < -0.4 is 10.3 Å². The van der Waals surface area contributed by atoms with E-state index >= 15 is 0 Å². The fourth-order valence-electron chi connectivity index (χ4n) is 2.51. The van der Waals surface area contributed by atoms with E-state index in [2.05, 4.69) is 10.5 Å². The molecule has 1 aromatic rings. The Morgan fingerprint density at radius 3 is 2.64 bits per heavy atom. The van der Waals surface area contributed by atoms with E-state index in [0.717, 1.165) is 4.90 Å². The van der Waals surface area contributed by atoms with Gasteiger partial charge in [-0.1, -0.05) is 11.6 Å². The van der Waals surface area contributed by atoms with Crippen molar-refractivity contribution in [1.82, 2.24) is 5.43 Å². The van der Waals surface area contributed by atoms with E-state index in [0.29, 0.717) is 10.7 Å². The molecule has 0 aliphatic carbocycles. The van der Waals surface area contributed by atoms with Crippen LogP contribution in [0.2, 0.25) is 5.02 Å². The lowest BCUT2D eigenvalue weighted by Crippen LogP contribution is -2.36. The lowest BCUT2D eigenvalue weighted by atomic mass is 9.99. The zero-order valence-corrected chi connectivity index (χ0v) is 12.3. The number of amides is 2. The van der Waals surface area contributed by atoms with Gasteiger partial charge in [0.15, 0.2) is 5.71 Å². The van der Waals surface area contributed by atoms with E-state index in [1.165, 1.54) is 0 Å². The number of hydrazone groups is 1. The number of nitrogens with zero attached hydrogens (tertiary/aromatic N) is 2. The first-order chi connectivity index (χ1) is 10.5. The molecule has 8 heteroatoms. The monoisotopic (exact) mass is 321 g/mol. The lowest BCUT2D eigenvalue weighted by Gasteiger charge is -2.15. The van der Waals surface area contributed by atoms with E-state index < -0.39 is 29.7 Å². The third-order valence-corrected chi connectivity index (χ3v) is 3.75. The van der Waals surface area contributed by atoms with Crippen LogP contribution >= 0.6 is 11.6 Å². The van der Waals surface area contributed by atoms with E-state index in [9.17, 15) is 14.4 Å². The van der Waals surface area contributed by atoms with Crippen molar-refractivity contribution in [2.24, 2.45) is 11.0 Å². The fourth-order valence-corrected chi connectivity index (χ4v) is 2.63. The molecule has 2 heterocycles. The number of imide groups is 1. The molecule has 0 bridgehead atoms. The van der Waals surface area contributed by atoms with Crippen LogP contribution in [-0.2, 0) is 19.1 Å². The number of hydrogen-bond acceptors (Lipinski definition) is 6. The van der Waals surface area contributed by atoms with Gasteiger partial charge in [-0.3, -0.25) is 15.0 Å². The van der Waals surface area contributed by atoms with Crippen molar-refractivity contribution in [2.75, 3.05) is 11.5 Å². The van der Waals surface area contributed by atoms with Gasteiger partial charge in [0.25, 0.3) is 5.91 Å². The molecule has 0 radical (unpaired) electrons. The normalized spacial score (nSPS) is 23.2. The molecule has 1 fully saturated rings. The summed E-state index contributed by atoms with van der Waals surface area (Å²) in [6.07, 6.45) is 0. The molecule has 3 rings (SSSR count). The number of rotatable bonds is 3. The highest BCUT2D eigenvalue weighted by atomic mass is 35.5. The highest BCUT2D eigenvalue weighted by Gasteiger charge is 2.55. The molecule has 0 unspecified atom stereocenters. The average molecular weight is 322 g/mol. The van der Waals surface area contributed by atoms with E-state index in [4.69, 9.17) is 16.3 Å². The smallest absolute Gasteiger partial charge is 0.355 e. The Labute approximate surface area is 130 Å². The summed E-state index contributed by atoms with van der Waals surface area (Å²) in [5.41, 5.74) is 2.88. The van der Waals surface area contributed by atoms with Crippen LogP contribution in [0.3, 0.4) is 0 Å². The number of carbonyl (C=O) groups excluding carboxylic acids is 3. The highest BCUT2D eigenvalue weighted by Crippen LogP contribution is 2.31. The minimum Gasteiger partial charge on any atom is -0.461 e. The van der Waals surface area contributed by atoms with Gasteiger partial charge in [-0.2, -0.15) is 5.10 Å². The van der Waals surface area contributed by atoms with Crippen molar-refractivity contribution in [3.05, 3.63) is 29.3 Å². The summed E-state index contributed by atoms with van der Waals surface area (Å²) < 4.78 is 4.87. The number of halogens is 1. The number of nitrogens with one attached hydrogen (secondary N) is 1. The van der Waals surface area contributed by atoms with Crippen molar-refractivity contribution in [3.63, 3.8) is 0 Å². The van der Waals surface area contributed by atoms with Crippen molar-refractivity contribution in [3.8, 4) is 0 Å². The van der Waals surface area contributed by atoms with Gasteiger partial charge >= 0.3 is 5.97 Å².